The van der Waals surface area contributed by atoms with Crippen LogP contribution >= 0.6 is 0 Å². The van der Waals surface area contributed by atoms with Crippen molar-refractivity contribution in [2.45, 2.75) is 26.7 Å². The van der Waals surface area contributed by atoms with Crippen molar-refractivity contribution in [3.8, 4) is 0 Å². The fourth-order valence-electron chi connectivity index (χ4n) is 2.88. The van der Waals surface area contributed by atoms with Crippen LogP contribution in [-0.2, 0) is 11.2 Å². The van der Waals surface area contributed by atoms with Gasteiger partial charge in [0, 0.05) is 44.8 Å². The fraction of sp³-hybridized carbons (Fsp3) is 0.611. The molecule has 24 heavy (non-hydrogen) atoms. The molecule has 6 heteroatoms. The second kappa shape index (κ2) is 9.57. The zero-order valence-corrected chi connectivity index (χ0v) is 14.5. The molecule has 1 aliphatic rings. The third-order valence-corrected chi connectivity index (χ3v) is 4.14. The number of hydrogen-bond acceptors (Lipinski definition) is 2. The topological polar surface area (TPSA) is 36.9 Å². The summed E-state index contributed by atoms with van der Waals surface area (Å²) in [5.41, 5.74) is 0.492. The van der Waals surface area contributed by atoms with Gasteiger partial charge in [0.25, 0.3) is 0 Å². The first-order valence-corrected chi connectivity index (χ1v) is 8.69. The Morgan fingerprint density at radius 1 is 1.38 bits per heavy atom. The van der Waals surface area contributed by atoms with Crippen LogP contribution in [0.25, 0.3) is 0 Å². The predicted octanol–water partition coefficient (Wildman–Crippen LogP) is 2.83. The van der Waals surface area contributed by atoms with Crippen molar-refractivity contribution in [3.63, 3.8) is 0 Å². The summed E-state index contributed by atoms with van der Waals surface area (Å²) in [6, 6.07) is 3.69. The number of aliphatic imine (C=N–C) groups is 1. The average Bonchev–Trinajstić information content (AvgIpc) is 3.03. The fourth-order valence-corrected chi connectivity index (χ4v) is 2.88. The van der Waals surface area contributed by atoms with Gasteiger partial charge in [0.15, 0.2) is 5.96 Å². The van der Waals surface area contributed by atoms with Crippen LogP contribution in [0.2, 0.25) is 0 Å². The van der Waals surface area contributed by atoms with Crippen LogP contribution in [-0.4, -0.2) is 50.3 Å². The van der Waals surface area contributed by atoms with Crippen molar-refractivity contribution >= 4 is 5.96 Å². The Kier molecular flexibility index (Phi) is 7.43. The molecule has 1 fully saturated rings. The highest BCUT2D eigenvalue weighted by Crippen LogP contribution is 2.17. The molecular weight excluding hydrogens is 312 g/mol. The Morgan fingerprint density at radius 2 is 2.21 bits per heavy atom. The number of halogens is 2. The molecule has 0 amide bonds. The molecule has 4 nitrogen and oxygen atoms in total. The smallest absolute Gasteiger partial charge is 0.193 e. The van der Waals surface area contributed by atoms with Crippen molar-refractivity contribution in [1.29, 1.82) is 0 Å². The van der Waals surface area contributed by atoms with E-state index in [9.17, 15) is 8.78 Å². The molecule has 0 aliphatic carbocycles. The third-order valence-electron chi connectivity index (χ3n) is 4.14. The average molecular weight is 339 g/mol. The summed E-state index contributed by atoms with van der Waals surface area (Å²) < 4.78 is 32.1. The quantitative estimate of drug-likeness (QED) is 0.613. The Bertz CT molecular complexity index is 551. The van der Waals surface area contributed by atoms with E-state index < -0.39 is 11.6 Å². The lowest BCUT2D eigenvalue weighted by Crippen LogP contribution is -2.40. The molecular formula is C18H27F2N3O. The molecule has 2 rings (SSSR count). The van der Waals surface area contributed by atoms with Crippen molar-refractivity contribution in [1.82, 2.24) is 10.2 Å². The van der Waals surface area contributed by atoms with Crippen LogP contribution in [0.4, 0.5) is 8.78 Å². The molecule has 1 atom stereocenters. The van der Waals surface area contributed by atoms with E-state index in [1.54, 1.807) is 0 Å². The molecule has 0 spiro atoms. The van der Waals surface area contributed by atoms with Crippen LogP contribution in [0.1, 0.15) is 25.8 Å². The summed E-state index contributed by atoms with van der Waals surface area (Å²) in [4.78, 5) is 6.83. The van der Waals surface area contributed by atoms with Gasteiger partial charge in [0.05, 0.1) is 6.61 Å². The van der Waals surface area contributed by atoms with Gasteiger partial charge in [-0.25, -0.2) is 8.78 Å². The Labute approximate surface area is 142 Å². The summed E-state index contributed by atoms with van der Waals surface area (Å²) in [5.74, 6) is 0.334. The number of benzene rings is 1. The zero-order valence-electron chi connectivity index (χ0n) is 14.5. The molecule has 0 radical (unpaired) electrons. The van der Waals surface area contributed by atoms with Crippen molar-refractivity contribution in [2.75, 3.05) is 39.4 Å². The van der Waals surface area contributed by atoms with Crippen molar-refractivity contribution in [2.24, 2.45) is 10.9 Å². The van der Waals surface area contributed by atoms with Crippen LogP contribution < -0.4 is 5.32 Å². The Hall–Kier alpha value is -1.69. The highest BCUT2D eigenvalue weighted by Gasteiger charge is 2.24. The van der Waals surface area contributed by atoms with Gasteiger partial charge in [0.1, 0.15) is 11.6 Å². The number of likely N-dealkylation sites (tertiary alicyclic amines) is 1. The summed E-state index contributed by atoms with van der Waals surface area (Å²) in [6.07, 6.45) is 1.55. The normalized spacial score (nSPS) is 18.2. The number of nitrogens with zero attached hydrogens (tertiary/aromatic N) is 2. The minimum atomic E-state index is -0.550. The molecule has 0 bridgehead atoms. The minimum Gasteiger partial charge on any atom is -0.381 e. The van der Waals surface area contributed by atoms with Crippen LogP contribution in [0.5, 0.6) is 0 Å². The molecule has 1 unspecified atom stereocenters. The van der Waals surface area contributed by atoms with Crippen LogP contribution in [0.15, 0.2) is 23.2 Å². The van der Waals surface area contributed by atoms with E-state index in [1.165, 1.54) is 12.1 Å². The Morgan fingerprint density at radius 3 is 2.92 bits per heavy atom. The summed E-state index contributed by atoms with van der Waals surface area (Å²) >= 11 is 0. The second-order valence-corrected chi connectivity index (χ2v) is 5.98. The van der Waals surface area contributed by atoms with Gasteiger partial charge in [-0.15, -0.1) is 0 Å². The van der Waals surface area contributed by atoms with Gasteiger partial charge >= 0.3 is 0 Å². The predicted molar refractivity (Wildman–Crippen MR) is 92.2 cm³/mol. The minimum absolute atomic E-state index is 0.456. The lowest BCUT2D eigenvalue weighted by molar-refractivity contribution is 0.114. The lowest BCUT2D eigenvalue weighted by atomic mass is 10.1. The molecule has 1 aliphatic heterocycles. The Balaban J connectivity index is 1.91. The summed E-state index contributed by atoms with van der Waals surface area (Å²) in [5, 5.41) is 3.29. The van der Waals surface area contributed by atoms with Crippen molar-refractivity contribution < 1.29 is 13.5 Å². The number of hydrogen-bond donors (Lipinski definition) is 1. The van der Waals surface area contributed by atoms with Gasteiger partial charge in [-0.05, 0) is 38.3 Å². The van der Waals surface area contributed by atoms with Crippen molar-refractivity contribution in [3.05, 3.63) is 35.4 Å². The van der Waals surface area contributed by atoms with Gasteiger partial charge in [0.2, 0.25) is 0 Å². The first-order chi connectivity index (χ1) is 11.6. The first kappa shape index (κ1) is 18.6. The third kappa shape index (κ3) is 5.44. The molecule has 1 aromatic carbocycles. The zero-order chi connectivity index (χ0) is 17.4. The molecule has 0 saturated carbocycles. The first-order valence-electron chi connectivity index (χ1n) is 8.69. The van der Waals surface area contributed by atoms with E-state index in [4.69, 9.17) is 4.74 Å². The molecule has 1 N–H and O–H groups in total. The number of nitrogens with one attached hydrogen (secondary N) is 1. The summed E-state index contributed by atoms with van der Waals surface area (Å²) in [6.45, 7) is 8.70. The monoisotopic (exact) mass is 339 g/mol. The van der Waals surface area contributed by atoms with Crippen LogP contribution in [0, 0.1) is 17.6 Å². The molecule has 0 aromatic heterocycles. The largest absolute Gasteiger partial charge is 0.381 e. The number of guanidine groups is 1. The maximum Gasteiger partial charge on any atom is 0.193 e. The maximum absolute atomic E-state index is 13.7. The van der Waals surface area contributed by atoms with E-state index in [-0.39, 0.29) is 0 Å². The van der Waals surface area contributed by atoms with Gasteiger partial charge in [-0.1, -0.05) is 6.07 Å². The number of rotatable bonds is 7. The molecule has 1 heterocycles. The second-order valence-electron chi connectivity index (χ2n) is 5.98. The maximum atomic E-state index is 13.7. The number of ether oxygens (including phenoxy) is 1. The highest BCUT2D eigenvalue weighted by molar-refractivity contribution is 5.80. The molecule has 134 valence electrons. The standard InChI is InChI=1S/C18H27F2N3O/c1-3-21-18(23-10-8-14(12-23)13-24-4-2)22-9-7-15-5-6-16(19)11-17(15)20/h5-6,11,14H,3-4,7-10,12-13H2,1-2H3,(H,21,22). The highest BCUT2D eigenvalue weighted by atomic mass is 19.1. The SMILES string of the molecule is CCNC(=NCCc1ccc(F)cc1F)N1CCC(COCC)C1. The van der Waals surface area contributed by atoms with E-state index >= 15 is 0 Å². The van der Waals surface area contributed by atoms with E-state index in [1.807, 2.05) is 13.8 Å². The van der Waals surface area contributed by atoms with E-state index in [2.05, 4.69) is 15.2 Å². The van der Waals surface area contributed by atoms with E-state index in [0.717, 1.165) is 51.3 Å². The van der Waals surface area contributed by atoms with Gasteiger partial charge in [-0.3, -0.25) is 4.99 Å². The van der Waals surface area contributed by atoms with E-state index in [0.29, 0.717) is 24.4 Å². The molecule has 1 saturated heterocycles. The van der Waals surface area contributed by atoms with Gasteiger partial charge in [-0.2, -0.15) is 0 Å². The summed E-state index contributed by atoms with van der Waals surface area (Å²) in [7, 11) is 0. The molecule has 1 aromatic rings. The lowest BCUT2D eigenvalue weighted by Gasteiger charge is -2.21. The van der Waals surface area contributed by atoms with Crippen LogP contribution in [0.3, 0.4) is 0 Å². The van der Waals surface area contributed by atoms with Gasteiger partial charge < -0.3 is 15.0 Å².